The van der Waals surface area contributed by atoms with Crippen LogP contribution in [0.2, 0.25) is 0 Å². The van der Waals surface area contributed by atoms with Gasteiger partial charge in [0.15, 0.2) is 0 Å². The molecule has 8 heteroatoms. The van der Waals surface area contributed by atoms with Crippen molar-refractivity contribution in [1.29, 1.82) is 0 Å². The summed E-state index contributed by atoms with van der Waals surface area (Å²) in [4.78, 5) is 10.4. The standard InChI is InChI=1S/C13H15BrN4O3/c1-8(2)15-4-3-12-16-17-13(21-12)9-5-10(14)7-11(6-9)18(19)20/h5-8,15H,3-4H2,1-2H3. The van der Waals surface area contributed by atoms with Crippen molar-refractivity contribution < 1.29 is 9.34 Å². The number of halogens is 1. The minimum atomic E-state index is -0.460. The molecule has 0 aliphatic carbocycles. The molecule has 1 aromatic carbocycles. The van der Waals surface area contributed by atoms with Gasteiger partial charge in [-0.25, -0.2) is 0 Å². The second-order valence-electron chi connectivity index (χ2n) is 4.81. The lowest BCUT2D eigenvalue weighted by atomic mass is 10.2. The molecular formula is C13H15BrN4O3. The Morgan fingerprint density at radius 2 is 2.14 bits per heavy atom. The van der Waals surface area contributed by atoms with E-state index in [4.69, 9.17) is 4.42 Å². The lowest BCUT2D eigenvalue weighted by Crippen LogP contribution is -2.25. The molecule has 1 aromatic heterocycles. The van der Waals surface area contributed by atoms with Crippen molar-refractivity contribution in [1.82, 2.24) is 15.5 Å². The number of benzene rings is 1. The molecule has 0 atom stereocenters. The molecule has 1 heterocycles. The van der Waals surface area contributed by atoms with Gasteiger partial charge in [0.1, 0.15) is 0 Å². The van der Waals surface area contributed by atoms with E-state index in [0.29, 0.717) is 28.4 Å². The van der Waals surface area contributed by atoms with Gasteiger partial charge in [0.25, 0.3) is 5.69 Å². The molecule has 1 N–H and O–H groups in total. The molecule has 0 saturated heterocycles. The summed E-state index contributed by atoms with van der Waals surface area (Å²) < 4.78 is 6.13. The summed E-state index contributed by atoms with van der Waals surface area (Å²) in [6.45, 7) is 4.84. The quantitative estimate of drug-likeness (QED) is 0.632. The van der Waals surface area contributed by atoms with Crippen molar-refractivity contribution in [2.24, 2.45) is 0 Å². The fourth-order valence-corrected chi connectivity index (χ4v) is 2.22. The molecule has 0 unspecified atom stereocenters. The molecule has 2 aromatic rings. The Morgan fingerprint density at radius 1 is 1.38 bits per heavy atom. The highest BCUT2D eigenvalue weighted by atomic mass is 79.9. The molecular weight excluding hydrogens is 340 g/mol. The lowest BCUT2D eigenvalue weighted by molar-refractivity contribution is -0.384. The van der Waals surface area contributed by atoms with Crippen molar-refractivity contribution >= 4 is 21.6 Å². The third-order valence-corrected chi connectivity index (χ3v) is 3.16. The summed E-state index contributed by atoms with van der Waals surface area (Å²) in [5.41, 5.74) is 0.493. The molecule has 0 amide bonds. The van der Waals surface area contributed by atoms with E-state index in [2.05, 4.69) is 45.3 Å². The highest BCUT2D eigenvalue weighted by Gasteiger charge is 2.14. The number of hydrogen-bond acceptors (Lipinski definition) is 6. The number of nitrogens with one attached hydrogen (secondary N) is 1. The van der Waals surface area contributed by atoms with E-state index in [0.717, 1.165) is 6.54 Å². The average Bonchev–Trinajstić information content (AvgIpc) is 2.86. The van der Waals surface area contributed by atoms with Crippen LogP contribution in [-0.2, 0) is 6.42 Å². The molecule has 21 heavy (non-hydrogen) atoms. The van der Waals surface area contributed by atoms with Gasteiger partial charge in [0.05, 0.1) is 4.92 Å². The molecule has 0 fully saturated rings. The van der Waals surface area contributed by atoms with Crippen molar-refractivity contribution in [3.63, 3.8) is 0 Å². The van der Waals surface area contributed by atoms with Gasteiger partial charge in [0.2, 0.25) is 11.8 Å². The smallest absolute Gasteiger partial charge is 0.271 e. The average molecular weight is 355 g/mol. The second kappa shape index (κ2) is 6.77. The van der Waals surface area contributed by atoms with Gasteiger partial charge >= 0.3 is 0 Å². The Bertz CT molecular complexity index is 642. The Labute approximate surface area is 130 Å². The van der Waals surface area contributed by atoms with E-state index < -0.39 is 4.92 Å². The number of non-ortho nitro benzene ring substituents is 1. The van der Waals surface area contributed by atoms with Crippen LogP contribution in [0.4, 0.5) is 5.69 Å². The Hall–Kier alpha value is -1.80. The van der Waals surface area contributed by atoms with Crippen molar-refractivity contribution in [3.05, 3.63) is 38.7 Å². The van der Waals surface area contributed by atoms with Gasteiger partial charge in [-0.05, 0) is 6.07 Å². The molecule has 0 aliphatic heterocycles. The normalized spacial score (nSPS) is 11.0. The van der Waals surface area contributed by atoms with E-state index in [9.17, 15) is 10.1 Å². The zero-order chi connectivity index (χ0) is 15.4. The van der Waals surface area contributed by atoms with Crippen LogP contribution < -0.4 is 5.32 Å². The lowest BCUT2D eigenvalue weighted by Gasteiger charge is -2.04. The van der Waals surface area contributed by atoms with Gasteiger partial charge < -0.3 is 9.73 Å². The van der Waals surface area contributed by atoms with E-state index >= 15 is 0 Å². The molecule has 0 radical (unpaired) electrons. The minimum absolute atomic E-state index is 0.0272. The predicted octanol–water partition coefficient (Wildman–Crippen LogP) is 2.95. The second-order valence-corrected chi connectivity index (χ2v) is 5.73. The summed E-state index contributed by atoms with van der Waals surface area (Å²) in [6.07, 6.45) is 0.612. The number of nitro benzene ring substituents is 1. The highest BCUT2D eigenvalue weighted by Crippen LogP contribution is 2.27. The van der Waals surface area contributed by atoms with Crippen LogP contribution in [0.5, 0.6) is 0 Å². The van der Waals surface area contributed by atoms with Gasteiger partial charge in [-0.3, -0.25) is 10.1 Å². The van der Waals surface area contributed by atoms with Gasteiger partial charge in [-0.15, -0.1) is 10.2 Å². The summed E-state index contributed by atoms with van der Waals surface area (Å²) in [5, 5.41) is 22.0. The van der Waals surface area contributed by atoms with Crippen molar-refractivity contribution in [3.8, 4) is 11.5 Å². The van der Waals surface area contributed by atoms with E-state index in [-0.39, 0.29) is 11.6 Å². The first-order chi connectivity index (χ1) is 9.95. The van der Waals surface area contributed by atoms with E-state index in [1.807, 2.05) is 0 Å². The molecule has 7 nitrogen and oxygen atoms in total. The first-order valence-electron chi connectivity index (χ1n) is 6.47. The van der Waals surface area contributed by atoms with Crippen LogP contribution in [-0.4, -0.2) is 27.7 Å². The Balaban J connectivity index is 2.15. The van der Waals surface area contributed by atoms with E-state index in [1.54, 1.807) is 6.07 Å². The third kappa shape index (κ3) is 4.33. The summed E-state index contributed by atoms with van der Waals surface area (Å²) in [6, 6.07) is 4.93. The Morgan fingerprint density at radius 3 is 2.81 bits per heavy atom. The fourth-order valence-electron chi connectivity index (χ4n) is 1.74. The number of hydrogen-bond donors (Lipinski definition) is 1. The van der Waals surface area contributed by atoms with Crippen molar-refractivity contribution in [2.75, 3.05) is 6.54 Å². The molecule has 0 aliphatic rings. The van der Waals surface area contributed by atoms with Crippen LogP contribution in [0, 0.1) is 10.1 Å². The monoisotopic (exact) mass is 354 g/mol. The first kappa shape index (κ1) is 15.6. The maximum Gasteiger partial charge on any atom is 0.271 e. The van der Waals surface area contributed by atoms with Crippen LogP contribution in [0.15, 0.2) is 27.1 Å². The number of nitrogens with zero attached hydrogens (tertiary/aromatic N) is 3. The molecule has 0 spiro atoms. The topological polar surface area (TPSA) is 94.1 Å². The van der Waals surface area contributed by atoms with Gasteiger partial charge in [-0.2, -0.15) is 0 Å². The molecule has 0 saturated carbocycles. The first-order valence-corrected chi connectivity index (χ1v) is 7.26. The van der Waals surface area contributed by atoms with Crippen molar-refractivity contribution in [2.45, 2.75) is 26.3 Å². The van der Waals surface area contributed by atoms with Gasteiger partial charge in [-0.1, -0.05) is 29.8 Å². The molecule has 2 rings (SSSR count). The van der Waals surface area contributed by atoms with Crippen LogP contribution in [0.25, 0.3) is 11.5 Å². The fraction of sp³-hybridized carbons (Fsp3) is 0.385. The summed E-state index contributed by atoms with van der Waals surface area (Å²) in [7, 11) is 0. The Kier molecular flexibility index (Phi) is 5.03. The number of aromatic nitrogens is 2. The van der Waals surface area contributed by atoms with Crippen LogP contribution in [0.1, 0.15) is 19.7 Å². The minimum Gasteiger partial charge on any atom is -0.421 e. The number of rotatable bonds is 6. The highest BCUT2D eigenvalue weighted by molar-refractivity contribution is 9.10. The third-order valence-electron chi connectivity index (χ3n) is 2.70. The van der Waals surface area contributed by atoms with Crippen LogP contribution in [0.3, 0.4) is 0 Å². The maximum absolute atomic E-state index is 10.9. The summed E-state index contributed by atoms with van der Waals surface area (Å²) in [5.74, 6) is 0.778. The molecule has 112 valence electrons. The largest absolute Gasteiger partial charge is 0.421 e. The predicted molar refractivity (Wildman–Crippen MR) is 80.9 cm³/mol. The van der Waals surface area contributed by atoms with Gasteiger partial charge in [0, 0.05) is 41.2 Å². The number of nitro groups is 1. The zero-order valence-electron chi connectivity index (χ0n) is 11.7. The summed E-state index contributed by atoms with van der Waals surface area (Å²) >= 11 is 3.24. The SMILES string of the molecule is CC(C)NCCc1nnc(-c2cc(Br)cc([N+](=O)[O-])c2)o1. The van der Waals surface area contributed by atoms with E-state index in [1.165, 1.54) is 12.1 Å². The maximum atomic E-state index is 10.9. The van der Waals surface area contributed by atoms with Crippen LogP contribution >= 0.6 is 15.9 Å². The zero-order valence-corrected chi connectivity index (χ0v) is 13.3. The molecule has 0 bridgehead atoms.